The zero-order chi connectivity index (χ0) is 11.8. The van der Waals surface area contributed by atoms with Crippen LogP contribution in [0, 0.1) is 0 Å². The van der Waals surface area contributed by atoms with Gasteiger partial charge in [-0.25, -0.2) is 4.98 Å². The molecule has 1 aromatic heterocycles. The number of amides is 1. The maximum atomic E-state index is 11.0. The first-order valence-electron chi connectivity index (χ1n) is 5.23. The largest absolute Gasteiger partial charge is 0.487 e. The van der Waals surface area contributed by atoms with Crippen LogP contribution in [0.15, 0.2) is 24.3 Å². The van der Waals surface area contributed by atoms with Gasteiger partial charge in [0.2, 0.25) is 5.91 Å². The Labute approximate surface area is 102 Å². The smallest absolute Gasteiger partial charge is 0.223 e. The van der Waals surface area contributed by atoms with Gasteiger partial charge in [0.15, 0.2) is 5.13 Å². The van der Waals surface area contributed by atoms with Crippen LogP contribution in [0.5, 0.6) is 5.75 Å². The summed E-state index contributed by atoms with van der Waals surface area (Å²) in [5.74, 6) is 0.741. The van der Waals surface area contributed by atoms with Gasteiger partial charge >= 0.3 is 0 Å². The van der Waals surface area contributed by atoms with Gasteiger partial charge in [0.05, 0.1) is 10.6 Å². The highest BCUT2D eigenvalue weighted by Crippen LogP contribution is 2.40. The number of rotatable bonds is 1. The van der Waals surface area contributed by atoms with Crippen LogP contribution >= 0.6 is 11.3 Å². The maximum Gasteiger partial charge on any atom is 0.223 e. The quantitative estimate of drug-likeness (QED) is 0.841. The molecule has 0 saturated heterocycles. The van der Waals surface area contributed by atoms with Gasteiger partial charge in [0.25, 0.3) is 0 Å². The second kappa shape index (κ2) is 3.85. The summed E-state index contributed by atoms with van der Waals surface area (Å²) in [5.41, 5.74) is 1.90. The molecule has 2 aromatic rings. The van der Waals surface area contributed by atoms with E-state index in [-0.39, 0.29) is 5.91 Å². The fraction of sp³-hybridized carbons (Fsp3) is 0.167. The first-order valence-corrected chi connectivity index (χ1v) is 6.05. The van der Waals surface area contributed by atoms with Crippen LogP contribution in [0.3, 0.4) is 0 Å². The van der Waals surface area contributed by atoms with Gasteiger partial charge in [-0.15, -0.1) is 0 Å². The van der Waals surface area contributed by atoms with E-state index in [1.54, 1.807) is 0 Å². The van der Waals surface area contributed by atoms with Crippen molar-refractivity contribution in [3.05, 3.63) is 29.1 Å². The third-order valence-corrected chi connectivity index (χ3v) is 3.43. The summed E-state index contributed by atoms with van der Waals surface area (Å²) >= 11 is 1.46. The average Bonchev–Trinajstić information content (AvgIpc) is 2.70. The number of carbonyl (C=O) groups is 1. The van der Waals surface area contributed by atoms with E-state index in [1.807, 2.05) is 24.3 Å². The standard InChI is InChI=1S/C12H10N2O2S/c1-7(15)13-12-14-11-8-4-2-3-5-9(8)16-6-10(11)17-12/h2-5H,6H2,1H3,(H,13,14,15). The second-order valence-corrected chi connectivity index (χ2v) is 4.84. The number of carbonyl (C=O) groups excluding carboxylic acids is 1. The number of aromatic nitrogens is 1. The molecule has 1 aliphatic rings. The van der Waals surface area contributed by atoms with Gasteiger partial charge in [-0.1, -0.05) is 23.5 Å². The van der Waals surface area contributed by atoms with E-state index in [1.165, 1.54) is 18.3 Å². The van der Waals surface area contributed by atoms with E-state index in [0.717, 1.165) is 21.9 Å². The minimum atomic E-state index is -0.106. The highest BCUT2D eigenvalue weighted by atomic mass is 32.1. The van der Waals surface area contributed by atoms with Gasteiger partial charge < -0.3 is 10.1 Å². The van der Waals surface area contributed by atoms with E-state index in [9.17, 15) is 4.79 Å². The zero-order valence-corrected chi connectivity index (χ0v) is 10.0. The number of benzene rings is 1. The Morgan fingerprint density at radius 1 is 1.47 bits per heavy atom. The Morgan fingerprint density at radius 2 is 2.29 bits per heavy atom. The summed E-state index contributed by atoms with van der Waals surface area (Å²) in [6.45, 7) is 1.99. The number of nitrogens with zero attached hydrogens (tertiary/aromatic N) is 1. The van der Waals surface area contributed by atoms with Crippen molar-refractivity contribution in [2.24, 2.45) is 0 Å². The van der Waals surface area contributed by atoms with Crippen molar-refractivity contribution < 1.29 is 9.53 Å². The molecular formula is C12H10N2O2S. The van der Waals surface area contributed by atoms with Gasteiger partial charge in [0.1, 0.15) is 12.4 Å². The molecule has 0 saturated carbocycles. The summed E-state index contributed by atoms with van der Waals surface area (Å²) in [6.07, 6.45) is 0. The number of thiazole rings is 1. The third kappa shape index (κ3) is 1.78. The number of anilines is 1. The predicted octanol–water partition coefficient (Wildman–Crippen LogP) is 2.66. The fourth-order valence-electron chi connectivity index (χ4n) is 1.80. The summed E-state index contributed by atoms with van der Waals surface area (Å²) in [7, 11) is 0. The minimum Gasteiger partial charge on any atom is -0.487 e. The van der Waals surface area contributed by atoms with Crippen LogP contribution in [-0.2, 0) is 11.4 Å². The Hall–Kier alpha value is -1.88. The van der Waals surface area contributed by atoms with Crippen molar-refractivity contribution in [2.75, 3.05) is 5.32 Å². The average molecular weight is 246 g/mol. The number of fused-ring (bicyclic) bond motifs is 3. The summed E-state index contributed by atoms with van der Waals surface area (Å²) < 4.78 is 5.63. The lowest BCUT2D eigenvalue weighted by Crippen LogP contribution is -2.05. The molecule has 0 atom stereocenters. The SMILES string of the molecule is CC(=O)Nc1nc2c(s1)COc1ccccc1-2. The summed E-state index contributed by atoms with van der Waals surface area (Å²) in [4.78, 5) is 16.5. The molecule has 3 rings (SSSR count). The van der Waals surface area contributed by atoms with Crippen LogP contribution < -0.4 is 10.1 Å². The van der Waals surface area contributed by atoms with E-state index in [4.69, 9.17) is 4.74 Å². The minimum absolute atomic E-state index is 0.106. The molecule has 1 N–H and O–H groups in total. The third-order valence-electron chi connectivity index (χ3n) is 2.48. The highest BCUT2D eigenvalue weighted by molar-refractivity contribution is 7.16. The van der Waals surface area contributed by atoms with Gasteiger partial charge in [0, 0.05) is 12.5 Å². The van der Waals surface area contributed by atoms with Gasteiger partial charge in [-0.05, 0) is 12.1 Å². The van der Waals surface area contributed by atoms with Crippen molar-refractivity contribution in [3.8, 4) is 17.0 Å². The molecule has 0 spiro atoms. The predicted molar refractivity (Wildman–Crippen MR) is 66.2 cm³/mol. The fourth-order valence-corrected chi connectivity index (χ4v) is 2.73. The lowest BCUT2D eigenvalue weighted by atomic mass is 10.1. The lowest BCUT2D eigenvalue weighted by Gasteiger charge is -2.15. The Bertz CT molecular complexity index is 592. The van der Waals surface area contributed by atoms with Gasteiger partial charge in [-0.3, -0.25) is 4.79 Å². The first-order chi connectivity index (χ1) is 8.24. The van der Waals surface area contributed by atoms with Crippen molar-refractivity contribution >= 4 is 22.4 Å². The van der Waals surface area contributed by atoms with Crippen LogP contribution in [0.4, 0.5) is 5.13 Å². The van der Waals surface area contributed by atoms with Crippen LogP contribution in [0.1, 0.15) is 11.8 Å². The van der Waals surface area contributed by atoms with Crippen molar-refractivity contribution in [3.63, 3.8) is 0 Å². The monoisotopic (exact) mass is 246 g/mol. The first kappa shape index (κ1) is 10.3. The molecule has 17 heavy (non-hydrogen) atoms. The molecule has 2 heterocycles. The lowest BCUT2D eigenvalue weighted by molar-refractivity contribution is -0.114. The maximum absolute atomic E-state index is 11.0. The molecule has 86 valence electrons. The van der Waals surface area contributed by atoms with Crippen molar-refractivity contribution in [1.29, 1.82) is 0 Å². The number of hydrogen-bond donors (Lipinski definition) is 1. The number of para-hydroxylation sites is 1. The van der Waals surface area contributed by atoms with Crippen molar-refractivity contribution in [2.45, 2.75) is 13.5 Å². The molecule has 0 bridgehead atoms. The Kier molecular flexibility index (Phi) is 2.33. The van der Waals surface area contributed by atoms with E-state index in [0.29, 0.717) is 11.7 Å². The zero-order valence-electron chi connectivity index (χ0n) is 9.19. The van der Waals surface area contributed by atoms with E-state index in [2.05, 4.69) is 10.3 Å². The summed E-state index contributed by atoms with van der Waals surface area (Å²) in [6, 6.07) is 7.79. The Morgan fingerprint density at radius 3 is 3.12 bits per heavy atom. The summed E-state index contributed by atoms with van der Waals surface area (Å²) in [5, 5.41) is 3.33. The van der Waals surface area contributed by atoms with Crippen molar-refractivity contribution in [1.82, 2.24) is 4.98 Å². The van der Waals surface area contributed by atoms with Gasteiger partial charge in [-0.2, -0.15) is 0 Å². The van der Waals surface area contributed by atoms with Crippen LogP contribution in [-0.4, -0.2) is 10.9 Å². The highest BCUT2D eigenvalue weighted by Gasteiger charge is 2.21. The van der Waals surface area contributed by atoms with Crippen LogP contribution in [0.2, 0.25) is 0 Å². The van der Waals surface area contributed by atoms with Crippen LogP contribution in [0.25, 0.3) is 11.3 Å². The molecule has 0 fully saturated rings. The number of hydrogen-bond acceptors (Lipinski definition) is 4. The Balaban J connectivity index is 2.07. The second-order valence-electron chi connectivity index (χ2n) is 3.76. The number of nitrogens with one attached hydrogen (secondary N) is 1. The normalized spacial score (nSPS) is 12.3. The molecule has 0 radical (unpaired) electrons. The molecule has 0 unspecified atom stereocenters. The molecule has 1 aromatic carbocycles. The van der Waals surface area contributed by atoms with E-state index >= 15 is 0 Å². The topological polar surface area (TPSA) is 51.2 Å². The van der Waals surface area contributed by atoms with E-state index < -0.39 is 0 Å². The molecule has 1 aliphatic heterocycles. The molecular weight excluding hydrogens is 236 g/mol. The number of ether oxygens (including phenoxy) is 1. The molecule has 1 amide bonds. The molecule has 5 heteroatoms. The molecule has 4 nitrogen and oxygen atoms in total. The molecule has 0 aliphatic carbocycles.